The summed E-state index contributed by atoms with van der Waals surface area (Å²) < 4.78 is 0. The molecule has 2 N–H and O–H groups in total. The molecule has 0 saturated heterocycles. The van der Waals surface area contributed by atoms with Gasteiger partial charge in [-0.2, -0.15) is 0 Å². The lowest BCUT2D eigenvalue weighted by molar-refractivity contribution is 0.0640. The van der Waals surface area contributed by atoms with Crippen LogP contribution in [0.4, 0.5) is 0 Å². The molecule has 0 atom stereocenters. The lowest BCUT2D eigenvalue weighted by Gasteiger charge is -2.35. The lowest BCUT2D eigenvalue weighted by atomic mass is 9.90. The molecule has 0 spiro atoms. The van der Waals surface area contributed by atoms with Gasteiger partial charge in [0.25, 0.3) is 5.91 Å². The summed E-state index contributed by atoms with van der Waals surface area (Å²) in [5.41, 5.74) is 7.83. The van der Waals surface area contributed by atoms with E-state index in [9.17, 15) is 4.79 Å². The predicted molar refractivity (Wildman–Crippen MR) is 78.1 cm³/mol. The standard InChI is InChI=1S/C16H24N2O/c1-3-18(14-10-8-13(17)9-11-14)16(19)15-7-5-4-6-12(15)2/h4-7,13-14H,3,8-11,17H2,1-2H3. The average Bonchev–Trinajstić information content (AvgIpc) is 2.42. The maximum absolute atomic E-state index is 12.7. The van der Waals surface area contributed by atoms with Crippen molar-refractivity contribution in [3.05, 3.63) is 35.4 Å². The Morgan fingerprint density at radius 2 is 1.89 bits per heavy atom. The first kappa shape index (κ1) is 14.1. The Kier molecular flexibility index (Phi) is 4.59. The summed E-state index contributed by atoms with van der Waals surface area (Å²) in [6.45, 7) is 4.83. The highest BCUT2D eigenvalue weighted by atomic mass is 16.2. The third-order valence-electron chi connectivity index (χ3n) is 4.16. The molecule has 104 valence electrons. The van der Waals surface area contributed by atoms with E-state index in [0.29, 0.717) is 12.1 Å². The second-order valence-electron chi connectivity index (χ2n) is 5.47. The van der Waals surface area contributed by atoms with Gasteiger partial charge >= 0.3 is 0 Å². The van der Waals surface area contributed by atoms with Gasteiger partial charge in [0, 0.05) is 24.2 Å². The molecule has 2 rings (SSSR count). The van der Waals surface area contributed by atoms with Crippen molar-refractivity contribution in [1.82, 2.24) is 4.90 Å². The van der Waals surface area contributed by atoms with Gasteiger partial charge < -0.3 is 10.6 Å². The van der Waals surface area contributed by atoms with Gasteiger partial charge in [-0.1, -0.05) is 18.2 Å². The summed E-state index contributed by atoms with van der Waals surface area (Å²) in [7, 11) is 0. The van der Waals surface area contributed by atoms with Crippen molar-refractivity contribution in [3.63, 3.8) is 0 Å². The lowest BCUT2D eigenvalue weighted by Crippen LogP contribution is -2.44. The molecular formula is C16H24N2O. The van der Waals surface area contributed by atoms with Gasteiger partial charge in [0.15, 0.2) is 0 Å². The summed E-state index contributed by atoms with van der Waals surface area (Å²) in [5.74, 6) is 0.168. The molecule has 1 saturated carbocycles. The highest BCUT2D eigenvalue weighted by molar-refractivity contribution is 5.95. The molecule has 3 heteroatoms. The largest absolute Gasteiger partial charge is 0.336 e. The van der Waals surface area contributed by atoms with Crippen LogP contribution < -0.4 is 5.73 Å². The molecule has 0 heterocycles. The van der Waals surface area contributed by atoms with Crippen molar-refractivity contribution in [1.29, 1.82) is 0 Å². The molecule has 0 unspecified atom stereocenters. The Hall–Kier alpha value is -1.35. The minimum Gasteiger partial charge on any atom is -0.336 e. The minimum absolute atomic E-state index is 0.168. The van der Waals surface area contributed by atoms with E-state index >= 15 is 0 Å². The van der Waals surface area contributed by atoms with E-state index in [-0.39, 0.29) is 5.91 Å². The summed E-state index contributed by atoms with van der Waals surface area (Å²) in [5, 5.41) is 0. The number of hydrogen-bond donors (Lipinski definition) is 1. The van der Waals surface area contributed by atoms with E-state index in [1.807, 2.05) is 36.1 Å². The summed E-state index contributed by atoms with van der Waals surface area (Å²) in [6.07, 6.45) is 4.13. The summed E-state index contributed by atoms with van der Waals surface area (Å²) in [4.78, 5) is 14.7. The van der Waals surface area contributed by atoms with Gasteiger partial charge in [0.2, 0.25) is 0 Å². The number of amides is 1. The number of rotatable bonds is 3. The fourth-order valence-electron chi connectivity index (χ4n) is 2.95. The van der Waals surface area contributed by atoms with Crippen LogP contribution in [0.15, 0.2) is 24.3 Å². The number of carbonyl (C=O) groups is 1. The highest BCUT2D eigenvalue weighted by Gasteiger charge is 2.27. The van der Waals surface area contributed by atoms with E-state index in [1.165, 1.54) is 0 Å². The number of benzene rings is 1. The molecule has 0 radical (unpaired) electrons. The number of nitrogens with two attached hydrogens (primary N) is 1. The zero-order chi connectivity index (χ0) is 13.8. The maximum Gasteiger partial charge on any atom is 0.254 e. The molecule has 1 aliphatic carbocycles. The quantitative estimate of drug-likeness (QED) is 0.908. The fourth-order valence-corrected chi connectivity index (χ4v) is 2.95. The van der Waals surface area contributed by atoms with Gasteiger partial charge in [0.1, 0.15) is 0 Å². The van der Waals surface area contributed by atoms with E-state index in [1.54, 1.807) is 0 Å². The molecule has 0 aliphatic heterocycles. The Bertz CT molecular complexity index is 436. The molecule has 1 aromatic carbocycles. The van der Waals surface area contributed by atoms with Crippen molar-refractivity contribution in [2.75, 3.05) is 6.54 Å². The van der Waals surface area contributed by atoms with E-state index in [2.05, 4.69) is 6.92 Å². The molecule has 0 bridgehead atoms. The molecule has 3 nitrogen and oxygen atoms in total. The van der Waals surface area contributed by atoms with Crippen LogP contribution in [0.3, 0.4) is 0 Å². The van der Waals surface area contributed by atoms with Crippen LogP contribution >= 0.6 is 0 Å². The molecular weight excluding hydrogens is 236 g/mol. The molecule has 1 aromatic rings. The van der Waals surface area contributed by atoms with Crippen LogP contribution in [0.2, 0.25) is 0 Å². The third-order valence-corrected chi connectivity index (χ3v) is 4.16. The Labute approximate surface area is 115 Å². The van der Waals surface area contributed by atoms with Gasteiger partial charge in [-0.15, -0.1) is 0 Å². The first-order chi connectivity index (χ1) is 9.13. The summed E-state index contributed by atoms with van der Waals surface area (Å²) in [6, 6.07) is 8.51. The number of carbonyl (C=O) groups excluding carboxylic acids is 1. The minimum atomic E-state index is 0.168. The second kappa shape index (κ2) is 6.20. The van der Waals surface area contributed by atoms with Crippen molar-refractivity contribution in [2.45, 2.75) is 51.6 Å². The number of aryl methyl sites for hydroxylation is 1. The highest BCUT2D eigenvalue weighted by Crippen LogP contribution is 2.24. The van der Waals surface area contributed by atoms with Gasteiger partial charge in [-0.25, -0.2) is 0 Å². The van der Waals surface area contributed by atoms with Gasteiger partial charge in [-0.05, 0) is 51.2 Å². The van der Waals surface area contributed by atoms with Crippen LogP contribution in [-0.4, -0.2) is 29.4 Å². The zero-order valence-corrected chi connectivity index (χ0v) is 11.9. The van der Waals surface area contributed by atoms with Crippen LogP contribution in [0.25, 0.3) is 0 Å². The maximum atomic E-state index is 12.7. The SMILES string of the molecule is CCN(C(=O)c1ccccc1C)C1CCC(N)CC1. The number of nitrogens with zero attached hydrogens (tertiary/aromatic N) is 1. The Balaban J connectivity index is 2.13. The van der Waals surface area contributed by atoms with Crippen LogP contribution in [-0.2, 0) is 0 Å². The van der Waals surface area contributed by atoms with Crippen molar-refractivity contribution in [2.24, 2.45) is 5.73 Å². The van der Waals surface area contributed by atoms with Crippen molar-refractivity contribution < 1.29 is 4.79 Å². The molecule has 1 fully saturated rings. The van der Waals surface area contributed by atoms with Crippen LogP contribution in [0, 0.1) is 6.92 Å². The third kappa shape index (κ3) is 3.16. The van der Waals surface area contributed by atoms with E-state index in [0.717, 1.165) is 43.4 Å². The topological polar surface area (TPSA) is 46.3 Å². The average molecular weight is 260 g/mol. The smallest absolute Gasteiger partial charge is 0.254 e. The van der Waals surface area contributed by atoms with E-state index < -0.39 is 0 Å². The molecule has 19 heavy (non-hydrogen) atoms. The van der Waals surface area contributed by atoms with Crippen molar-refractivity contribution in [3.8, 4) is 0 Å². The fraction of sp³-hybridized carbons (Fsp3) is 0.562. The van der Waals surface area contributed by atoms with Gasteiger partial charge in [0.05, 0.1) is 0 Å². The second-order valence-corrected chi connectivity index (χ2v) is 5.47. The van der Waals surface area contributed by atoms with E-state index in [4.69, 9.17) is 5.73 Å². The van der Waals surface area contributed by atoms with Gasteiger partial charge in [-0.3, -0.25) is 4.79 Å². The van der Waals surface area contributed by atoms with Crippen LogP contribution in [0.5, 0.6) is 0 Å². The zero-order valence-electron chi connectivity index (χ0n) is 11.9. The Morgan fingerprint density at radius 3 is 2.47 bits per heavy atom. The normalized spacial score (nSPS) is 23.1. The molecule has 1 amide bonds. The monoisotopic (exact) mass is 260 g/mol. The first-order valence-electron chi connectivity index (χ1n) is 7.25. The Morgan fingerprint density at radius 1 is 1.26 bits per heavy atom. The van der Waals surface area contributed by atoms with Crippen LogP contribution in [0.1, 0.15) is 48.5 Å². The summed E-state index contributed by atoms with van der Waals surface area (Å²) >= 11 is 0. The molecule has 0 aromatic heterocycles. The molecule has 1 aliphatic rings. The first-order valence-corrected chi connectivity index (χ1v) is 7.25. The van der Waals surface area contributed by atoms with Crippen molar-refractivity contribution >= 4 is 5.91 Å². The predicted octanol–water partition coefficient (Wildman–Crippen LogP) is 2.73. The number of hydrogen-bond acceptors (Lipinski definition) is 2.